The fraction of sp³-hybridized carbons (Fsp3) is 0.857. The number of nitrogens with one attached hydrogen (secondary N) is 2. The van der Waals surface area contributed by atoms with Gasteiger partial charge in [-0.15, -0.1) is 0 Å². The van der Waals surface area contributed by atoms with Gasteiger partial charge in [0.25, 0.3) is 0 Å². The molecule has 0 radical (unpaired) electrons. The average Bonchev–Trinajstić information content (AvgIpc) is 2.34. The molecule has 0 saturated carbocycles. The fourth-order valence-corrected chi connectivity index (χ4v) is 0.871. The minimum Gasteiger partial charge on any atom is -0.296 e. The van der Waals surface area contributed by atoms with E-state index in [9.17, 15) is 4.79 Å². The highest BCUT2D eigenvalue weighted by molar-refractivity contribution is 5.88. The van der Waals surface area contributed by atoms with Crippen LogP contribution in [0.5, 0.6) is 0 Å². The largest absolute Gasteiger partial charge is 0.296 e. The third-order valence-corrected chi connectivity index (χ3v) is 1.56. The van der Waals surface area contributed by atoms with E-state index < -0.39 is 0 Å². The third-order valence-electron chi connectivity index (χ3n) is 1.56. The Bertz CT molecular complexity index is 156. The zero-order chi connectivity index (χ0) is 8.48. The van der Waals surface area contributed by atoms with Crippen molar-refractivity contribution in [3.63, 3.8) is 0 Å². The standard InChI is InChI=1S/C7H14N2O2/c1-7(2,3)5(10)6-8-4-11-9-6/h6,8-9H,4H2,1-3H3. The molecule has 0 amide bonds. The number of carbonyl (C=O) groups excluding carboxylic acids is 1. The zero-order valence-corrected chi connectivity index (χ0v) is 7.10. The summed E-state index contributed by atoms with van der Waals surface area (Å²) in [6.45, 7) is 6.05. The molecule has 1 aliphatic heterocycles. The maximum absolute atomic E-state index is 11.5. The Labute approximate surface area is 66.3 Å². The van der Waals surface area contributed by atoms with Crippen molar-refractivity contribution in [2.45, 2.75) is 26.9 Å². The number of ketones is 1. The van der Waals surface area contributed by atoms with Gasteiger partial charge < -0.3 is 0 Å². The molecule has 4 heteroatoms. The van der Waals surface area contributed by atoms with Gasteiger partial charge in [0.1, 0.15) is 12.9 Å². The lowest BCUT2D eigenvalue weighted by molar-refractivity contribution is -0.129. The summed E-state index contributed by atoms with van der Waals surface area (Å²) in [5.74, 6) is 0.120. The van der Waals surface area contributed by atoms with Gasteiger partial charge in [-0.05, 0) is 0 Å². The molecule has 1 saturated heterocycles. The van der Waals surface area contributed by atoms with Crippen LogP contribution in [0.4, 0.5) is 0 Å². The van der Waals surface area contributed by atoms with Gasteiger partial charge in [-0.3, -0.25) is 14.9 Å². The van der Waals surface area contributed by atoms with E-state index in [0.717, 1.165) is 0 Å². The van der Waals surface area contributed by atoms with E-state index >= 15 is 0 Å². The lowest BCUT2D eigenvalue weighted by Crippen LogP contribution is -2.45. The van der Waals surface area contributed by atoms with Crippen molar-refractivity contribution >= 4 is 5.78 Å². The second-order valence-electron chi connectivity index (χ2n) is 3.66. The average molecular weight is 158 g/mol. The first-order valence-corrected chi connectivity index (χ1v) is 3.67. The number of rotatable bonds is 1. The van der Waals surface area contributed by atoms with Crippen molar-refractivity contribution in [1.29, 1.82) is 0 Å². The quantitative estimate of drug-likeness (QED) is 0.564. The molecule has 1 rings (SSSR count). The minimum atomic E-state index is -0.338. The first kappa shape index (κ1) is 8.64. The van der Waals surface area contributed by atoms with Crippen LogP contribution in [0, 0.1) is 5.41 Å². The Balaban J connectivity index is 2.53. The highest BCUT2D eigenvalue weighted by Gasteiger charge is 2.31. The van der Waals surface area contributed by atoms with Crippen molar-refractivity contribution in [3.8, 4) is 0 Å². The van der Waals surface area contributed by atoms with Crippen LogP contribution >= 0.6 is 0 Å². The van der Waals surface area contributed by atoms with Gasteiger partial charge in [0.2, 0.25) is 0 Å². The maximum Gasteiger partial charge on any atom is 0.171 e. The molecular formula is C7H14N2O2. The van der Waals surface area contributed by atoms with E-state index in [1.807, 2.05) is 20.8 Å². The smallest absolute Gasteiger partial charge is 0.171 e. The van der Waals surface area contributed by atoms with Crippen molar-refractivity contribution in [3.05, 3.63) is 0 Å². The first-order chi connectivity index (χ1) is 5.02. The van der Waals surface area contributed by atoms with Gasteiger partial charge in [0.15, 0.2) is 5.78 Å². The molecule has 64 valence electrons. The van der Waals surface area contributed by atoms with E-state index in [2.05, 4.69) is 10.8 Å². The number of hydrogen-bond donors (Lipinski definition) is 2. The molecule has 0 spiro atoms. The van der Waals surface area contributed by atoms with Gasteiger partial charge in [-0.1, -0.05) is 20.8 Å². The normalized spacial score (nSPS) is 25.5. The third kappa shape index (κ3) is 1.99. The van der Waals surface area contributed by atoms with Crippen molar-refractivity contribution in [2.75, 3.05) is 6.73 Å². The van der Waals surface area contributed by atoms with Crippen LogP contribution in [0.2, 0.25) is 0 Å². The number of hydrogen-bond acceptors (Lipinski definition) is 4. The molecule has 0 aromatic rings. The van der Waals surface area contributed by atoms with E-state index in [0.29, 0.717) is 6.73 Å². The Hall–Kier alpha value is -0.450. The molecule has 1 atom stereocenters. The molecule has 0 bridgehead atoms. The summed E-state index contributed by atoms with van der Waals surface area (Å²) in [4.78, 5) is 16.3. The predicted molar refractivity (Wildman–Crippen MR) is 40.5 cm³/mol. The van der Waals surface area contributed by atoms with E-state index in [4.69, 9.17) is 4.84 Å². The topological polar surface area (TPSA) is 50.4 Å². The lowest BCUT2D eigenvalue weighted by Gasteiger charge is -2.20. The number of hydroxylamine groups is 1. The molecule has 11 heavy (non-hydrogen) atoms. The van der Waals surface area contributed by atoms with Crippen LogP contribution in [0.3, 0.4) is 0 Å². The fourth-order valence-electron chi connectivity index (χ4n) is 0.871. The van der Waals surface area contributed by atoms with Crippen LogP contribution in [0.1, 0.15) is 20.8 Å². The molecule has 1 aliphatic rings. The van der Waals surface area contributed by atoms with Crippen molar-refractivity contribution in [2.24, 2.45) is 5.41 Å². The second kappa shape index (κ2) is 2.89. The van der Waals surface area contributed by atoms with Crippen molar-refractivity contribution < 1.29 is 9.63 Å². The number of Topliss-reactive ketones (excluding diaryl/α,β-unsaturated/α-hetero) is 1. The minimum absolute atomic E-state index is 0.120. The lowest BCUT2D eigenvalue weighted by atomic mass is 9.89. The summed E-state index contributed by atoms with van der Waals surface area (Å²) in [6.07, 6.45) is -0.338. The molecule has 1 heterocycles. The highest BCUT2D eigenvalue weighted by atomic mass is 16.7. The van der Waals surface area contributed by atoms with Crippen LogP contribution < -0.4 is 10.8 Å². The summed E-state index contributed by atoms with van der Waals surface area (Å²) in [5, 5.41) is 2.88. The SMILES string of the molecule is CC(C)(C)C(=O)C1NCON1. The molecule has 2 N–H and O–H groups in total. The summed E-state index contributed by atoms with van der Waals surface area (Å²) < 4.78 is 0. The van der Waals surface area contributed by atoms with Crippen LogP contribution in [-0.2, 0) is 9.63 Å². The summed E-state index contributed by atoms with van der Waals surface area (Å²) in [5.41, 5.74) is 2.28. The second-order valence-corrected chi connectivity index (χ2v) is 3.66. The van der Waals surface area contributed by atoms with Crippen LogP contribution in [0.25, 0.3) is 0 Å². The Morgan fingerprint density at radius 1 is 1.55 bits per heavy atom. The molecular weight excluding hydrogens is 144 g/mol. The van der Waals surface area contributed by atoms with E-state index in [-0.39, 0.29) is 17.4 Å². The molecule has 1 unspecified atom stereocenters. The molecule has 1 fully saturated rings. The molecule has 0 aromatic heterocycles. The van der Waals surface area contributed by atoms with E-state index in [1.165, 1.54) is 0 Å². The Kier molecular flexibility index (Phi) is 2.27. The zero-order valence-electron chi connectivity index (χ0n) is 7.10. The number of carbonyl (C=O) groups is 1. The summed E-state index contributed by atoms with van der Waals surface area (Å²) in [7, 11) is 0. The van der Waals surface area contributed by atoms with Crippen LogP contribution in [-0.4, -0.2) is 18.7 Å². The van der Waals surface area contributed by atoms with Crippen LogP contribution in [0.15, 0.2) is 0 Å². The monoisotopic (exact) mass is 158 g/mol. The van der Waals surface area contributed by atoms with Gasteiger partial charge in [0, 0.05) is 5.41 Å². The highest BCUT2D eigenvalue weighted by Crippen LogP contribution is 2.16. The molecule has 0 aromatic carbocycles. The van der Waals surface area contributed by atoms with E-state index in [1.54, 1.807) is 0 Å². The van der Waals surface area contributed by atoms with Gasteiger partial charge in [0.05, 0.1) is 0 Å². The predicted octanol–water partition coefficient (Wildman–Crippen LogP) is 0.00960. The first-order valence-electron chi connectivity index (χ1n) is 3.67. The summed E-state index contributed by atoms with van der Waals surface area (Å²) in [6, 6.07) is 0. The van der Waals surface area contributed by atoms with Gasteiger partial charge in [-0.25, -0.2) is 0 Å². The van der Waals surface area contributed by atoms with Gasteiger partial charge in [-0.2, -0.15) is 5.48 Å². The van der Waals surface area contributed by atoms with Crippen molar-refractivity contribution in [1.82, 2.24) is 10.8 Å². The molecule has 4 nitrogen and oxygen atoms in total. The molecule has 0 aliphatic carbocycles. The van der Waals surface area contributed by atoms with Gasteiger partial charge >= 0.3 is 0 Å². The maximum atomic E-state index is 11.5. The Morgan fingerprint density at radius 3 is 2.55 bits per heavy atom. The Morgan fingerprint density at radius 2 is 2.18 bits per heavy atom. The summed E-state index contributed by atoms with van der Waals surface area (Å²) >= 11 is 0.